The summed E-state index contributed by atoms with van der Waals surface area (Å²) in [4.78, 5) is 27.6. The summed E-state index contributed by atoms with van der Waals surface area (Å²) in [5.41, 5.74) is -0.0373. The van der Waals surface area contributed by atoms with Crippen LogP contribution in [0.4, 0.5) is 22.7 Å². The Labute approximate surface area is 152 Å². The average Bonchev–Trinajstić information content (AvgIpc) is 3.23. The van der Waals surface area contributed by atoms with Gasteiger partial charge in [0.15, 0.2) is 5.13 Å². The summed E-state index contributed by atoms with van der Waals surface area (Å²) >= 11 is 1.56. The number of nitrogens with zero attached hydrogens (tertiary/aromatic N) is 1. The van der Waals surface area contributed by atoms with Crippen molar-refractivity contribution in [3.63, 3.8) is 0 Å². The zero-order valence-electron chi connectivity index (χ0n) is 12.6. The molecule has 0 aliphatic carbocycles. The third-order valence-electron chi connectivity index (χ3n) is 3.17. The van der Waals surface area contributed by atoms with Gasteiger partial charge in [-0.15, -0.1) is 11.3 Å². The number of carbonyl (C=O) groups excluding carboxylic acids is 2. The lowest BCUT2D eigenvalue weighted by molar-refractivity contribution is -0.0882. The number of amides is 1. The first-order chi connectivity index (χ1) is 12.3. The van der Waals surface area contributed by atoms with Crippen LogP contribution in [0.3, 0.4) is 0 Å². The molecular weight excluding hydrogens is 392 g/mol. The number of thiophene rings is 1. The first-order valence-electron chi connectivity index (χ1n) is 6.99. The van der Waals surface area contributed by atoms with E-state index >= 15 is 0 Å². The Balaban J connectivity index is 1.94. The van der Waals surface area contributed by atoms with E-state index in [9.17, 15) is 27.2 Å². The maximum absolute atomic E-state index is 12.9. The molecule has 0 saturated heterocycles. The fourth-order valence-corrected chi connectivity index (χ4v) is 3.73. The Kier molecular flexibility index (Phi) is 4.88. The van der Waals surface area contributed by atoms with Crippen LogP contribution in [-0.4, -0.2) is 22.9 Å². The van der Waals surface area contributed by atoms with E-state index < -0.39 is 28.6 Å². The highest BCUT2D eigenvalue weighted by Crippen LogP contribution is 2.37. The van der Waals surface area contributed by atoms with Gasteiger partial charge in [-0.2, -0.15) is 13.2 Å². The first kappa shape index (κ1) is 18.2. The highest BCUT2D eigenvalue weighted by Gasteiger charge is 2.42. The number of ketones is 1. The highest BCUT2D eigenvalue weighted by molar-refractivity contribution is 7.19. The van der Waals surface area contributed by atoms with Gasteiger partial charge in [-0.3, -0.25) is 14.9 Å². The number of hydrogen-bond donors (Lipinski definition) is 1. The van der Waals surface area contributed by atoms with Crippen LogP contribution in [0, 0.1) is 5.82 Å². The molecular formula is C16H8F4N2O2S2. The molecule has 134 valence electrons. The van der Waals surface area contributed by atoms with Crippen LogP contribution in [-0.2, 0) is 0 Å². The summed E-state index contributed by atoms with van der Waals surface area (Å²) in [6.45, 7) is 0. The lowest BCUT2D eigenvalue weighted by atomic mass is 10.2. The largest absolute Gasteiger partial charge is 0.455 e. The van der Waals surface area contributed by atoms with Gasteiger partial charge in [0.05, 0.1) is 4.88 Å². The van der Waals surface area contributed by atoms with Crippen molar-refractivity contribution in [1.29, 1.82) is 0 Å². The molecule has 4 nitrogen and oxygen atoms in total. The topological polar surface area (TPSA) is 59.1 Å². The molecule has 1 aromatic carbocycles. The lowest BCUT2D eigenvalue weighted by Gasteiger charge is -2.03. The molecule has 10 heteroatoms. The van der Waals surface area contributed by atoms with Crippen LogP contribution in [0.2, 0.25) is 0 Å². The van der Waals surface area contributed by atoms with Gasteiger partial charge in [0, 0.05) is 5.56 Å². The van der Waals surface area contributed by atoms with Gasteiger partial charge in [-0.25, -0.2) is 9.37 Å². The number of rotatable bonds is 4. The number of alkyl halides is 3. The van der Waals surface area contributed by atoms with Crippen LogP contribution in [0.5, 0.6) is 0 Å². The molecule has 3 aromatic rings. The van der Waals surface area contributed by atoms with Crippen LogP contribution in [0.15, 0.2) is 41.8 Å². The molecule has 2 aromatic heterocycles. The van der Waals surface area contributed by atoms with E-state index in [4.69, 9.17) is 0 Å². The van der Waals surface area contributed by atoms with Crippen molar-refractivity contribution in [3.8, 4) is 10.6 Å². The zero-order valence-corrected chi connectivity index (χ0v) is 14.3. The van der Waals surface area contributed by atoms with Crippen molar-refractivity contribution in [3.05, 3.63) is 58.0 Å². The van der Waals surface area contributed by atoms with Gasteiger partial charge >= 0.3 is 6.18 Å². The predicted octanol–water partition coefficient (Wildman–Crippen LogP) is 5.01. The molecule has 0 bridgehead atoms. The van der Waals surface area contributed by atoms with Crippen molar-refractivity contribution in [2.24, 2.45) is 0 Å². The molecule has 26 heavy (non-hydrogen) atoms. The maximum Gasteiger partial charge on any atom is 0.455 e. The molecule has 1 amide bonds. The minimum absolute atomic E-state index is 0.1000. The molecule has 0 unspecified atom stereocenters. The van der Waals surface area contributed by atoms with Crippen molar-refractivity contribution in [1.82, 2.24) is 4.98 Å². The first-order valence-corrected chi connectivity index (χ1v) is 8.68. The maximum atomic E-state index is 12.9. The van der Waals surface area contributed by atoms with Crippen LogP contribution in [0.1, 0.15) is 20.0 Å². The zero-order chi connectivity index (χ0) is 18.9. The Morgan fingerprint density at radius 3 is 2.35 bits per heavy atom. The molecule has 0 spiro atoms. The van der Waals surface area contributed by atoms with Crippen molar-refractivity contribution in [2.45, 2.75) is 6.18 Å². The summed E-state index contributed by atoms with van der Waals surface area (Å²) in [5, 5.41) is 3.81. The molecule has 0 aliphatic rings. The average molecular weight is 400 g/mol. The Morgan fingerprint density at radius 2 is 1.77 bits per heavy atom. The van der Waals surface area contributed by atoms with E-state index in [1.807, 2.05) is 0 Å². The fraction of sp³-hybridized carbons (Fsp3) is 0.0625. The van der Waals surface area contributed by atoms with Crippen molar-refractivity contribution >= 4 is 39.5 Å². The molecule has 0 atom stereocenters. The molecule has 0 saturated carbocycles. The minimum atomic E-state index is -5.06. The number of Topliss-reactive ketones (excluding diaryl/α,β-unsaturated/α-hetero) is 1. The number of nitrogens with one attached hydrogen (secondary N) is 1. The van der Waals surface area contributed by atoms with Gasteiger partial charge in [0.2, 0.25) is 0 Å². The standard InChI is InChI=1S/C16H8F4N2O2S2/c17-9-5-3-8(4-6-9)14(24)22-15-21-11(10-2-1-7-25-10)12(26-15)13(23)16(18,19)20/h1-7H,(H,21,22,24). The fourth-order valence-electron chi connectivity index (χ4n) is 2.01. The number of halogens is 4. The van der Waals surface area contributed by atoms with Crippen LogP contribution >= 0.6 is 22.7 Å². The van der Waals surface area contributed by atoms with Gasteiger partial charge in [0.1, 0.15) is 16.4 Å². The van der Waals surface area contributed by atoms with Gasteiger partial charge in [-0.05, 0) is 35.7 Å². The predicted molar refractivity (Wildman–Crippen MR) is 90.2 cm³/mol. The number of hydrogen-bond acceptors (Lipinski definition) is 5. The van der Waals surface area contributed by atoms with E-state index in [0.29, 0.717) is 16.2 Å². The summed E-state index contributed by atoms with van der Waals surface area (Å²) < 4.78 is 51.4. The summed E-state index contributed by atoms with van der Waals surface area (Å²) in [6.07, 6.45) is -5.06. The molecule has 2 heterocycles. The van der Waals surface area contributed by atoms with E-state index in [1.54, 1.807) is 11.4 Å². The molecule has 3 rings (SSSR count). The van der Waals surface area contributed by atoms with E-state index in [1.165, 1.54) is 18.2 Å². The normalized spacial score (nSPS) is 11.4. The second kappa shape index (κ2) is 6.96. The number of thiazole rings is 1. The molecule has 0 fully saturated rings. The third-order valence-corrected chi connectivity index (χ3v) is 5.02. The SMILES string of the molecule is O=C(Nc1nc(-c2cccs2)c(C(=O)C(F)(F)F)s1)c1ccc(F)cc1. The monoisotopic (exact) mass is 400 g/mol. The molecule has 0 radical (unpaired) electrons. The smallest absolute Gasteiger partial charge is 0.298 e. The second-order valence-corrected chi connectivity index (χ2v) is 6.91. The molecule has 0 aliphatic heterocycles. The quantitative estimate of drug-likeness (QED) is 0.495. The summed E-state index contributed by atoms with van der Waals surface area (Å²) in [6, 6.07) is 7.73. The minimum Gasteiger partial charge on any atom is -0.298 e. The number of anilines is 1. The lowest BCUT2D eigenvalue weighted by Crippen LogP contribution is -2.22. The Hall–Kier alpha value is -2.59. The van der Waals surface area contributed by atoms with Crippen LogP contribution < -0.4 is 5.32 Å². The van der Waals surface area contributed by atoms with E-state index in [-0.39, 0.29) is 16.4 Å². The number of aromatic nitrogens is 1. The second-order valence-electron chi connectivity index (χ2n) is 4.96. The van der Waals surface area contributed by atoms with Crippen LogP contribution in [0.25, 0.3) is 10.6 Å². The van der Waals surface area contributed by atoms with Gasteiger partial charge in [0.25, 0.3) is 11.7 Å². The highest BCUT2D eigenvalue weighted by atomic mass is 32.1. The van der Waals surface area contributed by atoms with E-state index in [0.717, 1.165) is 23.5 Å². The van der Waals surface area contributed by atoms with Crippen molar-refractivity contribution in [2.75, 3.05) is 5.32 Å². The summed E-state index contributed by atoms with van der Waals surface area (Å²) in [7, 11) is 0. The summed E-state index contributed by atoms with van der Waals surface area (Å²) in [5.74, 6) is -3.24. The Morgan fingerprint density at radius 1 is 1.08 bits per heavy atom. The van der Waals surface area contributed by atoms with E-state index in [2.05, 4.69) is 10.3 Å². The molecule has 1 N–H and O–H groups in total. The number of carbonyl (C=O) groups is 2. The Bertz CT molecular complexity index is 948. The van der Waals surface area contributed by atoms with Crippen molar-refractivity contribution < 1.29 is 27.2 Å². The third kappa shape index (κ3) is 3.81. The van der Waals surface area contributed by atoms with Gasteiger partial charge < -0.3 is 0 Å². The number of benzene rings is 1. The van der Waals surface area contributed by atoms with Gasteiger partial charge in [-0.1, -0.05) is 17.4 Å².